The molecular weight excluding hydrogens is 425 g/mol. The van der Waals surface area contributed by atoms with Gasteiger partial charge < -0.3 is 24.2 Å². The third kappa shape index (κ3) is 4.15. The molecule has 1 unspecified atom stereocenters. The van der Waals surface area contributed by atoms with Crippen molar-refractivity contribution in [3.8, 4) is 17.2 Å². The molecule has 0 radical (unpaired) electrons. The van der Waals surface area contributed by atoms with Crippen molar-refractivity contribution in [1.82, 2.24) is 20.4 Å². The van der Waals surface area contributed by atoms with Crippen LogP contribution in [0.5, 0.6) is 5.75 Å². The predicted molar refractivity (Wildman–Crippen MR) is 123 cm³/mol. The first-order chi connectivity index (χ1) is 15.9. The number of halogens is 1. The summed E-state index contributed by atoms with van der Waals surface area (Å²) in [6.45, 7) is 8.32. The zero-order chi connectivity index (χ0) is 23.1. The summed E-state index contributed by atoms with van der Waals surface area (Å²) in [4.78, 5) is 11.6. The Morgan fingerprint density at radius 1 is 1.18 bits per heavy atom. The lowest BCUT2D eigenvalue weighted by molar-refractivity contribution is 0.185. The van der Waals surface area contributed by atoms with Gasteiger partial charge in [0.15, 0.2) is 11.6 Å². The SMILES string of the molecule is COc1cc(F)c2nc(N3CC[C@H](NC4CCOC4)C[C@@H]3C)c(-c3nc(C)no3)c(C)c2c1. The number of methoxy groups -OCH3 is 1. The number of rotatable bonds is 5. The number of benzene rings is 1. The third-order valence-electron chi connectivity index (χ3n) is 6.78. The lowest BCUT2D eigenvalue weighted by Crippen LogP contribution is -2.50. The van der Waals surface area contributed by atoms with Crippen LogP contribution < -0.4 is 15.0 Å². The number of anilines is 1. The summed E-state index contributed by atoms with van der Waals surface area (Å²) in [6, 6.07) is 4.22. The van der Waals surface area contributed by atoms with E-state index in [0.717, 1.165) is 50.1 Å². The quantitative estimate of drug-likeness (QED) is 0.622. The third-order valence-corrected chi connectivity index (χ3v) is 6.78. The Morgan fingerprint density at radius 3 is 2.70 bits per heavy atom. The van der Waals surface area contributed by atoms with Gasteiger partial charge in [0, 0.05) is 42.7 Å². The summed E-state index contributed by atoms with van der Waals surface area (Å²) in [7, 11) is 1.53. The Balaban J connectivity index is 1.56. The molecule has 176 valence electrons. The molecule has 2 fully saturated rings. The number of pyridine rings is 1. The van der Waals surface area contributed by atoms with E-state index in [1.165, 1.54) is 13.2 Å². The van der Waals surface area contributed by atoms with Crippen LogP contribution in [-0.4, -0.2) is 60.1 Å². The van der Waals surface area contributed by atoms with Crippen molar-refractivity contribution in [2.24, 2.45) is 0 Å². The molecule has 0 aliphatic carbocycles. The van der Waals surface area contributed by atoms with Crippen LogP contribution in [0.15, 0.2) is 16.7 Å². The summed E-state index contributed by atoms with van der Waals surface area (Å²) in [5.41, 5.74) is 1.91. The van der Waals surface area contributed by atoms with E-state index in [2.05, 4.69) is 27.3 Å². The average Bonchev–Trinajstić information content (AvgIpc) is 3.46. The molecule has 9 heteroatoms. The van der Waals surface area contributed by atoms with Gasteiger partial charge in [-0.2, -0.15) is 4.98 Å². The average molecular weight is 456 g/mol. The molecule has 1 N–H and O–H groups in total. The minimum Gasteiger partial charge on any atom is -0.497 e. The molecule has 3 atom stereocenters. The maximum absolute atomic E-state index is 15.1. The van der Waals surface area contributed by atoms with Gasteiger partial charge in [-0.25, -0.2) is 9.37 Å². The zero-order valence-corrected chi connectivity index (χ0v) is 19.5. The minimum absolute atomic E-state index is 0.201. The fourth-order valence-electron chi connectivity index (χ4n) is 5.06. The monoisotopic (exact) mass is 455 g/mol. The second kappa shape index (κ2) is 8.87. The van der Waals surface area contributed by atoms with Crippen molar-refractivity contribution in [2.45, 2.75) is 58.2 Å². The van der Waals surface area contributed by atoms with Crippen molar-refractivity contribution in [2.75, 3.05) is 31.8 Å². The maximum atomic E-state index is 15.1. The molecule has 5 rings (SSSR count). The molecule has 8 nitrogen and oxygen atoms in total. The van der Waals surface area contributed by atoms with Gasteiger partial charge in [0.25, 0.3) is 5.89 Å². The topological polar surface area (TPSA) is 85.5 Å². The molecule has 0 spiro atoms. The molecule has 2 saturated heterocycles. The number of fused-ring (bicyclic) bond motifs is 1. The van der Waals surface area contributed by atoms with E-state index in [1.807, 2.05) is 6.92 Å². The van der Waals surface area contributed by atoms with E-state index in [0.29, 0.717) is 46.3 Å². The highest BCUT2D eigenvalue weighted by molar-refractivity contribution is 5.93. The van der Waals surface area contributed by atoms with Gasteiger partial charge in [-0.05, 0) is 51.7 Å². The standard InChI is InChI=1S/C24H30FN5O3/c1-13-9-16(27-17-6-8-32-12-17)5-7-30(13)23-21(24-26-15(3)29-33-24)14(2)19-10-18(31-4)11-20(25)22(19)28-23/h10-11,13,16-17,27H,5-9,12H2,1-4H3/t13-,16-,17?/m0/s1. The second-order valence-corrected chi connectivity index (χ2v) is 9.08. The molecule has 33 heavy (non-hydrogen) atoms. The number of hydrogen-bond donors (Lipinski definition) is 1. The smallest absolute Gasteiger partial charge is 0.261 e. The molecule has 1 aromatic carbocycles. The van der Waals surface area contributed by atoms with Crippen LogP contribution in [0.2, 0.25) is 0 Å². The van der Waals surface area contributed by atoms with Crippen molar-refractivity contribution in [1.29, 1.82) is 0 Å². The van der Waals surface area contributed by atoms with Crippen LogP contribution in [0, 0.1) is 19.7 Å². The number of nitrogens with one attached hydrogen (secondary N) is 1. The fourth-order valence-corrected chi connectivity index (χ4v) is 5.06. The number of aryl methyl sites for hydroxylation is 2. The molecule has 3 aromatic rings. The van der Waals surface area contributed by atoms with Gasteiger partial charge in [0.1, 0.15) is 17.1 Å². The molecule has 0 bridgehead atoms. The lowest BCUT2D eigenvalue weighted by atomic mass is 9.95. The fraction of sp³-hybridized carbons (Fsp3) is 0.542. The van der Waals surface area contributed by atoms with E-state index < -0.39 is 5.82 Å². The first-order valence-electron chi connectivity index (χ1n) is 11.5. The Labute approximate surface area is 192 Å². The van der Waals surface area contributed by atoms with E-state index >= 15 is 4.39 Å². The first-order valence-corrected chi connectivity index (χ1v) is 11.5. The van der Waals surface area contributed by atoms with Gasteiger partial charge in [-0.15, -0.1) is 0 Å². The van der Waals surface area contributed by atoms with Crippen LogP contribution in [0.3, 0.4) is 0 Å². The molecule has 2 aliphatic heterocycles. The highest BCUT2D eigenvalue weighted by Gasteiger charge is 2.32. The van der Waals surface area contributed by atoms with Crippen LogP contribution in [-0.2, 0) is 4.74 Å². The summed E-state index contributed by atoms with van der Waals surface area (Å²) in [6.07, 6.45) is 2.99. The number of piperidine rings is 1. The van der Waals surface area contributed by atoms with Crippen LogP contribution in [0.25, 0.3) is 22.4 Å². The molecular formula is C24H30FN5O3. The highest BCUT2D eigenvalue weighted by atomic mass is 19.1. The highest BCUT2D eigenvalue weighted by Crippen LogP contribution is 2.40. The minimum atomic E-state index is -0.410. The zero-order valence-electron chi connectivity index (χ0n) is 19.5. The van der Waals surface area contributed by atoms with Crippen molar-refractivity contribution >= 4 is 16.7 Å². The van der Waals surface area contributed by atoms with Gasteiger partial charge in [-0.1, -0.05) is 5.16 Å². The van der Waals surface area contributed by atoms with Crippen molar-refractivity contribution in [3.05, 3.63) is 29.3 Å². The molecule has 2 aromatic heterocycles. The summed E-state index contributed by atoms with van der Waals surface area (Å²) in [5, 5.41) is 8.41. The van der Waals surface area contributed by atoms with Crippen LogP contribution >= 0.6 is 0 Å². The number of nitrogens with zero attached hydrogens (tertiary/aromatic N) is 4. The Bertz CT molecular complexity index is 1160. The Morgan fingerprint density at radius 2 is 2.03 bits per heavy atom. The summed E-state index contributed by atoms with van der Waals surface area (Å²) >= 11 is 0. The Hall–Kier alpha value is -2.78. The Kier molecular flexibility index (Phi) is 5.92. The molecule has 4 heterocycles. The van der Waals surface area contributed by atoms with E-state index in [-0.39, 0.29) is 6.04 Å². The second-order valence-electron chi connectivity index (χ2n) is 9.08. The van der Waals surface area contributed by atoms with Crippen LogP contribution in [0.1, 0.15) is 37.6 Å². The van der Waals surface area contributed by atoms with Crippen LogP contribution in [0.4, 0.5) is 10.2 Å². The molecule has 2 aliphatic rings. The lowest BCUT2D eigenvalue weighted by Gasteiger charge is -2.40. The first kappa shape index (κ1) is 22.0. The normalized spacial score (nSPS) is 23.4. The largest absolute Gasteiger partial charge is 0.497 e. The predicted octanol–water partition coefficient (Wildman–Crippen LogP) is 3.79. The van der Waals surface area contributed by atoms with Gasteiger partial charge in [0.2, 0.25) is 0 Å². The summed E-state index contributed by atoms with van der Waals surface area (Å²) < 4.78 is 31.4. The molecule has 0 saturated carbocycles. The van der Waals surface area contributed by atoms with E-state index in [4.69, 9.17) is 19.0 Å². The van der Waals surface area contributed by atoms with Gasteiger partial charge in [0.05, 0.1) is 19.3 Å². The summed E-state index contributed by atoms with van der Waals surface area (Å²) in [5.74, 6) is 1.66. The van der Waals surface area contributed by atoms with Gasteiger partial charge >= 0.3 is 0 Å². The van der Waals surface area contributed by atoms with Crippen molar-refractivity contribution < 1.29 is 18.4 Å². The van der Waals surface area contributed by atoms with E-state index in [1.54, 1.807) is 13.0 Å². The van der Waals surface area contributed by atoms with Gasteiger partial charge in [-0.3, -0.25) is 0 Å². The number of ether oxygens (including phenoxy) is 2. The number of hydrogen-bond acceptors (Lipinski definition) is 8. The van der Waals surface area contributed by atoms with E-state index in [9.17, 15) is 0 Å². The van der Waals surface area contributed by atoms with Crippen molar-refractivity contribution in [3.63, 3.8) is 0 Å². The number of aromatic nitrogens is 3. The molecule has 0 amide bonds. The maximum Gasteiger partial charge on any atom is 0.261 e.